The number of hydrogen-bond acceptors (Lipinski definition) is 4. The minimum Gasteiger partial charge on any atom is -0.395 e. The van der Waals surface area contributed by atoms with Crippen LogP contribution in [-0.2, 0) is 15.0 Å². The fourth-order valence-electron chi connectivity index (χ4n) is 2.49. The van der Waals surface area contributed by atoms with Gasteiger partial charge in [-0.05, 0) is 44.0 Å². The molecule has 0 unspecified atom stereocenters. The summed E-state index contributed by atoms with van der Waals surface area (Å²) < 4.78 is 41.1. The highest BCUT2D eigenvalue weighted by molar-refractivity contribution is 7.87. The summed E-state index contributed by atoms with van der Waals surface area (Å²) in [5.41, 5.74) is 0.901. The van der Waals surface area contributed by atoms with Crippen molar-refractivity contribution in [2.24, 2.45) is 5.92 Å². The van der Waals surface area contributed by atoms with E-state index in [-0.39, 0.29) is 31.4 Å². The van der Waals surface area contributed by atoms with Gasteiger partial charge in [0.2, 0.25) is 5.91 Å². The van der Waals surface area contributed by atoms with Crippen molar-refractivity contribution in [2.75, 3.05) is 25.0 Å². The number of carbonyl (C=O) groups is 1. The highest BCUT2D eigenvalue weighted by Crippen LogP contribution is 2.21. The van der Waals surface area contributed by atoms with Crippen molar-refractivity contribution in [2.45, 2.75) is 26.3 Å². The quantitative estimate of drug-likeness (QED) is 0.693. The van der Waals surface area contributed by atoms with Crippen LogP contribution >= 0.6 is 0 Å². The van der Waals surface area contributed by atoms with Gasteiger partial charge in [-0.15, -0.1) is 0 Å². The maximum Gasteiger partial charge on any atom is 0.279 e. The van der Waals surface area contributed by atoms with E-state index in [1.54, 1.807) is 13.8 Å². The molecule has 2 rings (SSSR count). The van der Waals surface area contributed by atoms with Gasteiger partial charge in [0.1, 0.15) is 5.82 Å². The molecule has 24 heavy (non-hydrogen) atoms. The van der Waals surface area contributed by atoms with E-state index >= 15 is 0 Å². The number of aliphatic hydroxyl groups is 1. The van der Waals surface area contributed by atoms with Gasteiger partial charge in [0, 0.05) is 24.8 Å². The lowest BCUT2D eigenvalue weighted by atomic mass is 10.1. The van der Waals surface area contributed by atoms with Gasteiger partial charge < -0.3 is 10.4 Å². The zero-order chi connectivity index (χ0) is 17.9. The van der Waals surface area contributed by atoms with E-state index in [0.29, 0.717) is 17.7 Å². The number of nitrogens with zero attached hydrogens (tertiary/aromatic N) is 1. The van der Waals surface area contributed by atoms with E-state index in [2.05, 4.69) is 10.0 Å². The molecule has 0 aliphatic carbocycles. The first kappa shape index (κ1) is 18.8. The summed E-state index contributed by atoms with van der Waals surface area (Å²) >= 11 is 0. The number of amides is 1. The molecular weight excluding hydrogens is 337 g/mol. The van der Waals surface area contributed by atoms with Gasteiger partial charge in [-0.2, -0.15) is 17.4 Å². The molecule has 0 bridgehead atoms. The minimum atomic E-state index is -3.73. The van der Waals surface area contributed by atoms with Crippen LogP contribution in [0.5, 0.6) is 0 Å². The summed E-state index contributed by atoms with van der Waals surface area (Å²) in [7, 11) is -3.73. The lowest BCUT2D eigenvalue weighted by Gasteiger charge is -2.19. The van der Waals surface area contributed by atoms with E-state index in [1.165, 1.54) is 22.5 Å². The number of anilines is 1. The van der Waals surface area contributed by atoms with Crippen molar-refractivity contribution >= 4 is 21.8 Å². The Morgan fingerprint density at radius 1 is 1.50 bits per heavy atom. The van der Waals surface area contributed by atoms with E-state index in [4.69, 9.17) is 5.11 Å². The summed E-state index contributed by atoms with van der Waals surface area (Å²) in [6.45, 7) is 3.14. The van der Waals surface area contributed by atoms with Gasteiger partial charge in [0.25, 0.3) is 10.2 Å². The van der Waals surface area contributed by atoms with Crippen LogP contribution in [0.25, 0.3) is 0 Å². The third-order valence-corrected chi connectivity index (χ3v) is 5.62. The molecule has 3 N–H and O–H groups in total. The highest BCUT2D eigenvalue weighted by Gasteiger charge is 2.35. The Morgan fingerprint density at radius 3 is 2.83 bits per heavy atom. The zero-order valence-electron chi connectivity index (χ0n) is 13.6. The molecule has 1 aromatic carbocycles. The van der Waals surface area contributed by atoms with Crippen LogP contribution in [0.15, 0.2) is 18.2 Å². The van der Waals surface area contributed by atoms with Gasteiger partial charge in [-0.3, -0.25) is 4.79 Å². The third kappa shape index (κ3) is 4.50. The fourth-order valence-corrected chi connectivity index (χ4v) is 3.95. The molecule has 0 radical (unpaired) electrons. The first-order valence-corrected chi connectivity index (χ1v) is 9.12. The lowest BCUT2D eigenvalue weighted by molar-refractivity contribution is -0.119. The average Bonchev–Trinajstić information content (AvgIpc) is 3.01. The Kier molecular flexibility index (Phi) is 5.92. The Bertz CT molecular complexity index is 711. The van der Waals surface area contributed by atoms with Gasteiger partial charge in [0.15, 0.2) is 0 Å². The Hall–Kier alpha value is -1.55. The molecule has 0 saturated carbocycles. The van der Waals surface area contributed by atoms with Crippen molar-refractivity contribution in [3.05, 3.63) is 29.6 Å². The lowest BCUT2D eigenvalue weighted by Crippen LogP contribution is -2.45. The molecule has 1 aromatic rings. The molecule has 1 amide bonds. The monoisotopic (exact) mass is 359 g/mol. The SMILES string of the molecule is Cc1cc(NC(=O)[C@H]2CCN(S(=O)(=O)N[C@H](C)CO)C2)ccc1F. The summed E-state index contributed by atoms with van der Waals surface area (Å²) in [6, 6.07) is 3.68. The third-order valence-electron chi connectivity index (χ3n) is 3.91. The largest absolute Gasteiger partial charge is 0.395 e. The van der Waals surface area contributed by atoms with Crippen molar-refractivity contribution in [1.82, 2.24) is 9.03 Å². The summed E-state index contributed by atoms with van der Waals surface area (Å²) in [5, 5.41) is 11.6. The van der Waals surface area contributed by atoms with Crippen molar-refractivity contribution in [3.8, 4) is 0 Å². The molecule has 1 aliphatic heterocycles. The van der Waals surface area contributed by atoms with E-state index in [0.717, 1.165) is 0 Å². The molecule has 1 saturated heterocycles. The second-order valence-corrected chi connectivity index (χ2v) is 7.71. The number of carbonyl (C=O) groups excluding carboxylic acids is 1. The normalized spacial score (nSPS) is 20.1. The summed E-state index contributed by atoms with van der Waals surface area (Å²) in [6.07, 6.45) is 0.403. The molecule has 9 heteroatoms. The molecule has 0 spiro atoms. The summed E-state index contributed by atoms with van der Waals surface area (Å²) in [5.74, 6) is -1.12. The maximum atomic E-state index is 13.2. The smallest absolute Gasteiger partial charge is 0.279 e. The molecular formula is C15H22FN3O4S. The van der Waals surface area contributed by atoms with Crippen molar-refractivity contribution in [3.63, 3.8) is 0 Å². The minimum absolute atomic E-state index is 0.0689. The number of hydrogen-bond donors (Lipinski definition) is 3. The van der Waals surface area contributed by atoms with Crippen LogP contribution in [0.4, 0.5) is 10.1 Å². The van der Waals surface area contributed by atoms with Gasteiger partial charge >= 0.3 is 0 Å². The number of benzene rings is 1. The van der Waals surface area contributed by atoms with Crippen LogP contribution in [-0.4, -0.2) is 49.5 Å². The molecule has 134 valence electrons. The Balaban J connectivity index is 1.97. The number of aliphatic hydroxyl groups excluding tert-OH is 1. The van der Waals surface area contributed by atoms with Crippen molar-refractivity contribution < 1.29 is 22.7 Å². The van der Waals surface area contributed by atoms with E-state index in [9.17, 15) is 17.6 Å². The van der Waals surface area contributed by atoms with Crippen molar-refractivity contribution in [1.29, 1.82) is 0 Å². The molecule has 7 nitrogen and oxygen atoms in total. The second-order valence-electron chi connectivity index (χ2n) is 6.00. The molecule has 1 heterocycles. The highest BCUT2D eigenvalue weighted by atomic mass is 32.2. The Morgan fingerprint density at radius 2 is 2.21 bits per heavy atom. The van der Waals surface area contributed by atoms with Gasteiger partial charge in [-0.1, -0.05) is 0 Å². The molecule has 1 aliphatic rings. The van der Waals surface area contributed by atoms with Crippen LogP contribution < -0.4 is 10.0 Å². The standard InChI is InChI=1S/C15H22FN3O4S/c1-10-7-13(3-4-14(10)16)17-15(21)12-5-6-19(8-12)24(22,23)18-11(2)9-20/h3-4,7,11-12,18,20H,5-6,8-9H2,1-2H3,(H,17,21)/t11-,12+/m1/s1. The summed E-state index contributed by atoms with van der Waals surface area (Å²) in [4.78, 5) is 12.3. The average molecular weight is 359 g/mol. The second kappa shape index (κ2) is 7.56. The van der Waals surface area contributed by atoms with E-state index in [1.807, 2.05) is 0 Å². The zero-order valence-corrected chi connectivity index (χ0v) is 14.4. The fraction of sp³-hybridized carbons (Fsp3) is 0.533. The molecule has 0 aromatic heterocycles. The van der Waals surface area contributed by atoms with Gasteiger partial charge in [0.05, 0.1) is 12.5 Å². The predicted molar refractivity (Wildman–Crippen MR) is 88.1 cm³/mol. The maximum absolute atomic E-state index is 13.2. The van der Waals surface area contributed by atoms with Crippen LogP contribution in [0, 0.1) is 18.7 Å². The number of halogens is 1. The number of rotatable bonds is 6. The Labute approximate surface area is 141 Å². The van der Waals surface area contributed by atoms with Crippen LogP contribution in [0.3, 0.4) is 0 Å². The van der Waals surface area contributed by atoms with Crippen LogP contribution in [0.2, 0.25) is 0 Å². The van der Waals surface area contributed by atoms with E-state index < -0.39 is 22.2 Å². The number of aryl methyl sites for hydroxylation is 1. The molecule has 1 fully saturated rings. The van der Waals surface area contributed by atoms with Gasteiger partial charge in [-0.25, -0.2) is 4.39 Å². The molecule has 2 atom stereocenters. The first-order valence-electron chi connectivity index (χ1n) is 7.68. The topological polar surface area (TPSA) is 98.7 Å². The number of nitrogens with one attached hydrogen (secondary N) is 2. The van der Waals surface area contributed by atoms with Crippen LogP contribution in [0.1, 0.15) is 18.9 Å². The predicted octanol–water partition coefficient (Wildman–Crippen LogP) is 0.610. The first-order chi connectivity index (χ1) is 11.2.